The lowest BCUT2D eigenvalue weighted by Gasteiger charge is -2.07. The van der Waals surface area contributed by atoms with Crippen LogP contribution >= 0.6 is 11.3 Å². The molecular formula is C19H17NO4S2. The average molecular weight is 387 g/mol. The molecule has 5 nitrogen and oxygen atoms in total. The lowest BCUT2D eigenvalue weighted by Crippen LogP contribution is -2.22. The lowest BCUT2D eigenvalue weighted by molar-refractivity contribution is 0.104. The number of ether oxygens (including phenoxy) is 1. The highest BCUT2D eigenvalue weighted by molar-refractivity contribution is 7.89. The highest BCUT2D eigenvalue weighted by Crippen LogP contribution is 2.21. The van der Waals surface area contributed by atoms with Gasteiger partial charge in [0.25, 0.3) is 0 Å². The number of nitrogens with one attached hydrogen (secondary N) is 1. The topological polar surface area (TPSA) is 72.5 Å². The summed E-state index contributed by atoms with van der Waals surface area (Å²) in [5.74, 6) is 0.400. The van der Waals surface area contributed by atoms with Gasteiger partial charge in [-0.05, 0) is 24.3 Å². The van der Waals surface area contributed by atoms with E-state index in [1.807, 2.05) is 18.2 Å². The van der Waals surface area contributed by atoms with Crippen LogP contribution in [0.5, 0.6) is 5.75 Å². The number of sulfonamides is 1. The zero-order valence-corrected chi connectivity index (χ0v) is 15.6. The summed E-state index contributed by atoms with van der Waals surface area (Å²) in [4.78, 5) is 13.9. The third-order valence-corrected chi connectivity index (χ3v) is 6.19. The molecule has 1 heterocycles. The Kier molecular flexibility index (Phi) is 5.51. The van der Waals surface area contributed by atoms with Crippen LogP contribution in [0.1, 0.15) is 20.1 Å². The van der Waals surface area contributed by atoms with Crippen molar-refractivity contribution in [2.24, 2.45) is 0 Å². The summed E-state index contributed by atoms with van der Waals surface area (Å²) < 4.78 is 32.4. The summed E-state index contributed by atoms with van der Waals surface area (Å²) in [5, 5.41) is 0. The molecule has 0 aliphatic rings. The quantitative estimate of drug-likeness (QED) is 0.630. The molecule has 0 radical (unpaired) electrons. The van der Waals surface area contributed by atoms with Gasteiger partial charge in [0.2, 0.25) is 15.8 Å². The van der Waals surface area contributed by atoms with E-state index in [-0.39, 0.29) is 17.2 Å². The van der Waals surface area contributed by atoms with Crippen molar-refractivity contribution in [2.45, 2.75) is 11.4 Å². The number of benzene rings is 2. The zero-order chi connectivity index (χ0) is 18.6. The van der Waals surface area contributed by atoms with E-state index in [1.54, 1.807) is 36.4 Å². The molecule has 3 aromatic rings. The van der Waals surface area contributed by atoms with E-state index in [0.717, 1.165) is 4.88 Å². The normalized spacial score (nSPS) is 11.3. The third kappa shape index (κ3) is 4.19. The highest BCUT2D eigenvalue weighted by Gasteiger charge is 2.16. The minimum Gasteiger partial charge on any atom is -0.497 e. The largest absolute Gasteiger partial charge is 0.497 e. The Morgan fingerprint density at radius 1 is 1.04 bits per heavy atom. The summed E-state index contributed by atoms with van der Waals surface area (Å²) in [6, 6.07) is 18.7. The van der Waals surface area contributed by atoms with Gasteiger partial charge >= 0.3 is 0 Å². The Bertz CT molecular complexity index is 1010. The molecule has 1 aromatic heterocycles. The molecule has 26 heavy (non-hydrogen) atoms. The monoisotopic (exact) mass is 387 g/mol. The second-order valence-electron chi connectivity index (χ2n) is 5.46. The fourth-order valence-corrected chi connectivity index (χ4v) is 4.39. The molecule has 0 atom stereocenters. The van der Waals surface area contributed by atoms with E-state index in [0.29, 0.717) is 16.2 Å². The van der Waals surface area contributed by atoms with Crippen molar-refractivity contribution in [3.8, 4) is 5.75 Å². The molecule has 0 fully saturated rings. The molecule has 0 bridgehead atoms. The maximum absolute atomic E-state index is 12.4. The number of thiophene rings is 1. The van der Waals surface area contributed by atoms with Crippen LogP contribution < -0.4 is 9.46 Å². The summed E-state index contributed by atoms with van der Waals surface area (Å²) in [6.07, 6.45) is 0. The van der Waals surface area contributed by atoms with E-state index in [9.17, 15) is 13.2 Å². The molecule has 3 rings (SSSR count). The van der Waals surface area contributed by atoms with Crippen LogP contribution in [0.25, 0.3) is 0 Å². The van der Waals surface area contributed by atoms with Gasteiger partial charge in [-0.1, -0.05) is 36.4 Å². The molecule has 0 aliphatic carbocycles. The van der Waals surface area contributed by atoms with Crippen LogP contribution in [0.3, 0.4) is 0 Å². The number of carbonyl (C=O) groups is 1. The number of hydrogen-bond donors (Lipinski definition) is 1. The smallest absolute Gasteiger partial charge is 0.241 e. The van der Waals surface area contributed by atoms with Gasteiger partial charge in [0.05, 0.1) is 16.9 Å². The molecule has 134 valence electrons. The van der Waals surface area contributed by atoms with Crippen LogP contribution in [-0.2, 0) is 16.6 Å². The van der Waals surface area contributed by atoms with E-state index < -0.39 is 10.0 Å². The van der Waals surface area contributed by atoms with Gasteiger partial charge in [0.1, 0.15) is 5.75 Å². The summed E-state index contributed by atoms with van der Waals surface area (Å²) in [5.41, 5.74) is 0.609. The summed E-state index contributed by atoms with van der Waals surface area (Å²) in [6.45, 7) is 0.117. The van der Waals surface area contributed by atoms with Crippen LogP contribution in [0, 0.1) is 0 Å². The Morgan fingerprint density at radius 2 is 1.81 bits per heavy atom. The third-order valence-electron chi connectivity index (χ3n) is 3.71. The van der Waals surface area contributed by atoms with Crippen LogP contribution in [0.2, 0.25) is 0 Å². The Hall–Kier alpha value is -2.48. The average Bonchev–Trinajstić information content (AvgIpc) is 3.16. The first-order chi connectivity index (χ1) is 12.5. The maximum Gasteiger partial charge on any atom is 0.241 e. The summed E-state index contributed by atoms with van der Waals surface area (Å²) >= 11 is 1.28. The minimum atomic E-state index is -3.66. The molecule has 0 spiro atoms. The second kappa shape index (κ2) is 7.82. The number of hydrogen-bond acceptors (Lipinski definition) is 5. The van der Waals surface area contributed by atoms with Crippen molar-refractivity contribution in [1.29, 1.82) is 0 Å². The van der Waals surface area contributed by atoms with Crippen LogP contribution in [0.15, 0.2) is 71.6 Å². The number of rotatable bonds is 7. The Balaban J connectivity index is 1.70. The van der Waals surface area contributed by atoms with Gasteiger partial charge in [0.15, 0.2) is 0 Å². The predicted octanol–water partition coefficient (Wildman–Crippen LogP) is 3.47. The SMILES string of the molecule is COc1cccc(S(=O)(=O)NCc2ccc(C(=O)c3ccccc3)s2)c1. The molecule has 0 unspecified atom stereocenters. The Morgan fingerprint density at radius 3 is 2.54 bits per heavy atom. The second-order valence-corrected chi connectivity index (χ2v) is 8.40. The van der Waals surface area contributed by atoms with Gasteiger partial charge in [0, 0.05) is 23.1 Å². The van der Waals surface area contributed by atoms with Crippen molar-refractivity contribution in [2.75, 3.05) is 7.11 Å². The highest BCUT2D eigenvalue weighted by atomic mass is 32.2. The molecule has 0 saturated heterocycles. The minimum absolute atomic E-state index is 0.0718. The maximum atomic E-state index is 12.4. The summed E-state index contributed by atoms with van der Waals surface area (Å²) in [7, 11) is -2.18. The van der Waals surface area contributed by atoms with Crippen molar-refractivity contribution in [3.63, 3.8) is 0 Å². The van der Waals surface area contributed by atoms with Crippen molar-refractivity contribution in [1.82, 2.24) is 4.72 Å². The number of carbonyl (C=O) groups excluding carboxylic acids is 1. The van der Waals surface area contributed by atoms with E-state index in [4.69, 9.17) is 4.74 Å². The fraction of sp³-hybridized carbons (Fsp3) is 0.105. The van der Waals surface area contributed by atoms with Crippen molar-refractivity contribution >= 4 is 27.1 Å². The molecule has 1 N–H and O–H groups in total. The van der Waals surface area contributed by atoms with Gasteiger partial charge in [-0.3, -0.25) is 4.79 Å². The van der Waals surface area contributed by atoms with Gasteiger partial charge in [-0.25, -0.2) is 13.1 Å². The first kappa shape index (κ1) is 18.3. The zero-order valence-electron chi connectivity index (χ0n) is 14.0. The van der Waals surface area contributed by atoms with Crippen molar-refractivity contribution in [3.05, 3.63) is 82.0 Å². The van der Waals surface area contributed by atoms with E-state index in [2.05, 4.69) is 4.72 Å². The molecule has 0 aliphatic heterocycles. The predicted molar refractivity (Wildman–Crippen MR) is 101 cm³/mol. The van der Waals surface area contributed by atoms with Crippen LogP contribution in [-0.4, -0.2) is 21.3 Å². The van der Waals surface area contributed by atoms with Crippen molar-refractivity contribution < 1.29 is 17.9 Å². The molecular weight excluding hydrogens is 370 g/mol. The molecule has 7 heteroatoms. The number of methoxy groups -OCH3 is 1. The first-order valence-electron chi connectivity index (χ1n) is 7.82. The Labute approximate surface area is 156 Å². The molecule has 0 amide bonds. The van der Waals surface area contributed by atoms with Gasteiger partial charge in [-0.15, -0.1) is 11.3 Å². The van der Waals surface area contributed by atoms with E-state index in [1.165, 1.54) is 30.6 Å². The first-order valence-corrected chi connectivity index (χ1v) is 10.1. The molecule has 2 aromatic carbocycles. The van der Waals surface area contributed by atoms with Crippen LogP contribution in [0.4, 0.5) is 0 Å². The van der Waals surface area contributed by atoms with Gasteiger partial charge < -0.3 is 4.74 Å². The fourth-order valence-electron chi connectivity index (χ4n) is 2.34. The lowest BCUT2D eigenvalue weighted by atomic mass is 10.1. The number of ketones is 1. The standard InChI is InChI=1S/C19H17NO4S2/c1-24-15-8-5-9-17(12-15)26(22,23)20-13-16-10-11-18(25-16)19(21)14-6-3-2-4-7-14/h2-12,20H,13H2,1H3. The van der Waals surface area contributed by atoms with E-state index >= 15 is 0 Å². The molecule has 0 saturated carbocycles. The van der Waals surface area contributed by atoms with Gasteiger partial charge in [-0.2, -0.15) is 0 Å².